The highest BCUT2D eigenvalue weighted by atomic mass is 16.4. The van der Waals surface area contributed by atoms with Crippen LogP contribution in [0.3, 0.4) is 0 Å². The molecule has 1 atom stereocenters. The highest BCUT2D eigenvalue weighted by Gasteiger charge is 2.16. The Hall–Kier alpha value is -1.72. The maximum Gasteiger partial charge on any atom is 0.326 e. The number of carbonyl (C=O) groups excluding carboxylic acids is 2. The second kappa shape index (κ2) is 8.58. The first-order chi connectivity index (χ1) is 7.57. The molecule has 2 N–H and O–H groups in total. The van der Waals surface area contributed by atoms with Gasteiger partial charge in [0.05, 0.1) is 6.21 Å². The van der Waals surface area contributed by atoms with Gasteiger partial charge in [0, 0.05) is 13.5 Å². The summed E-state index contributed by atoms with van der Waals surface area (Å²) in [5, 5.41) is 11.1. The van der Waals surface area contributed by atoms with E-state index in [9.17, 15) is 14.4 Å². The molecule has 0 saturated heterocycles. The standard InChI is InChI=1S/C10H16N2O4/c1-8(14)12-9(10(15)16)4-2-3-5-11-6-7-13/h6-7,9H,2-5H2,1H3,(H,12,14)(H,15,16)/t9-/m0/s1. The molecule has 0 aromatic heterocycles. The zero-order chi connectivity index (χ0) is 12.4. The molecule has 0 spiro atoms. The maximum absolute atomic E-state index is 10.7. The third-order valence-corrected chi connectivity index (χ3v) is 1.87. The van der Waals surface area contributed by atoms with E-state index in [1.54, 1.807) is 0 Å². The molecule has 0 aliphatic carbocycles. The number of unbranched alkanes of at least 4 members (excludes halogenated alkanes) is 1. The lowest BCUT2D eigenvalue weighted by Gasteiger charge is -2.12. The number of nitrogens with zero attached hydrogens (tertiary/aromatic N) is 1. The molecule has 0 radical (unpaired) electrons. The zero-order valence-electron chi connectivity index (χ0n) is 9.18. The Bertz CT molecular complexity index is 276. The number of aliphatic carboxylic acids is 1. The lowest BCUT2D eigenvalue weighted by Crippen LogP contribution is -2.39. The minimum Gasteiger partial charge on any atom is -0.480 e. The van der Waals surface area contributed by atoms with E-state index in [-0.39, 0.29) is 5.91 Å². The molecular weight excluding hydrogens is 212 g/mol. The third-order valence-electron chi connectivity index (χ3n) is 1.87. The monoisotopic (exact) mass is 228 g/mol. The molecule has 0 bridgehead atoms. The van der Waals surface area contributed by atoms with E-state index in [0.29, 0.717) is 32.1 Å². The van der Waals surface area contributed by atoms with Crippen LogP contribution in [0.2, 0.25) is 0 Å². The summed E-state index contributed by atoms with van der Waals surface area (Å²) in [6.45, 7) is 1.77. The van der Waals surface area contributed by atoms with Gasteiger partial charge < -0.3 is 10.4 Å². The number of carboxylic acids is 1. The molecule has 0 aliphatic rings. The van der Waals surface area contributed by atoms with E-state index in [4.69, 9.17) is 5.11 Å². The smallest absolute Gasteiger partial charge is 0.326 e. The molecule has 1 amide bonds. The SMILES string of the molecule is CC(=O)N[C@@H](CCCCN=CC=O)C(=O)O. The molecule has 0 heterocycles. The van der Waals surface area contributed by atoms with Crippen LogP contribution in [0.1, 0.15) is 26.2 Å². The highest BCUT2D eigenvalue weighted by molar-refractivity contribution is 6.12. The number of aliphatic imine (C=N–C) groups is 1. The molecule has 6 nitrogen and oxygen atoms in total. The fraction of sp³-hybridized carbons (Fsp3) is 0.600. The van der Waals surface area contributed by atoms with E-state index in [2.05, 4.69) is 10.3 Å². The van der Waals surface area contributed by atoms with Crippen LogP contribution in [0.15, 0.2) is 4.99 Å². The number of amides is 1. The summed E-state index contributed by atoms with van der Waals surface area (Å²) in [6, 6.07) is -0.840. The first-order valence-corrected chi connectivity index (χ1v) is 5.01. The Morgan fingerprint density at radius 1 is 1.44 bits per heavy atom. The first kappa shape index (κ1) is 14.3. The van der Waals surface area contributed by atoms with Crippen molar-refractivity contribution in [2.24, 2.45) is 4.99 Å². The molecule has 0 aliphatic heterocycles. The summed E-state index contributed by atoms with van der Waals surface area (Å²) < 4.78 is 0. The maximum atomic E-state index is 10.7. The van der Waals surface area contributed by atoms with Crippen LogP contribution < -0.4 is 5.32 Å². The van der Waals surface area contributed by atoms with Crippen molar-refractivity contribution in [3.63, 3.8) is 0 Å². The summed E-state index contributed by atoms with van der Waals surface area (Å²) >= 11 is 0. The molecule has 0 aromatic rings. The van der Waals surface area contributed by atoms with Gasteiger partial charge in [-0.3, -0.25) is 14.6 Å². The minimum atomic E-state index is -1.04. The van der Waals surface area contributed by atoms with Crippen molar-refractivity contribution in [3.05, 3.63) is 0 Å². The third kappa shape index (κ3) is 7.66. The Kier molecular flexibility index (Phi) is 7.66. The summed E-state index contributed by atoms with van der Waals surface area (Å²) in [5.41, 5.74) is 0. The van der Waals surface area contributed by atoms with Crippen LogP contribution in [-0.2, 0) is 14.4 Å². The average molecular weight is 228 g/mol. The number of hydrogen-bond donors (Lipinski definition) is 2. The van der Waals surface area contributed by atoms with Gasteiger partial charge in [0.25, 0.3) is 0 Å². The lowest BCUT2D eigenvalue weighted by atomic mass is 10.1. The van der Waals surface area contributed by atoms with Crippen molar-refractivity contribution in [2.75, 3.05) is 6.54 Å². The molecule has 0 aromatic carbocycles. The normalized spacial score (nSPS) is 12.3. The van der Waals surface area contributed by atoms with Gasteiger partial charge in [-0.2, -0.15) is 0 Å². The zero-order valence-corrected chi connectivity index (χ0v) is 9.18. The Morgan fingerprint density at radius 3 is 2.62 bits per heavy atom. The quantitative estimate of drug-likeness (QED) is 0.347. The number of rotatable bonds is 8. The molecule has 0 saturated carbocycles. The molecule has 6 heteroatoms. The summed E-state index contributed by atoms with van der Waals surface area (Å²) in [5.74, 6) is -1.39. The van der Waals surface area contributed by atoms with Crippen LogP contribution in [0.25, 0.3) is 0 Å². The molecule has 90 valence electrons. The van der Waals surface area contributed by atoms with Gasteiger partial charge in [0.1, 0.15) is 6.04 Å². The minimum absolute atomic E-state index is 0.355. The van der Waals surface area contributed by atoms with Gasteiger partial charge in [0.15, 0.2) is 6.29 Å². The fourth-order valence-corrected chi connectivity index (χ4v) is 1.17. The van der Waals surface area contributed by atoms with Crippen LogP contribution in [-0.4, -0.2) is 42.1 Å². The van der Waals surface area contributed by atoms with Crippen LogP contribution in [0.5, 0.6) is 0 Å². The Balaban J connectivity index is 3.76. The number of hydrogen-bond acceptors (Lipinski definition) is 4. The lowest BCUT2D eigenvalue weighted by molar-refractivity contribution is -0.141. The van der Waals surface area contributed by atoms with Gasteiger partial charge in [-0.05, 0) is 19.3 Å². The van der Waals surface area contributed by atoms with Crippen molar-refractivity contribution in [1.82, 2.24) is 5.32 Å². The number of carbonyl (C=O) groups is 3. The van der Waals surface area contributed by atoms with Gasteiger partial charge in [-0.15, -0.1) is 0 Å². The summed E-state index contributed by atoms with van der Waals surface area (Å²) in [6.07, 6.45) is 3.45. The predicted molar refractivity (Wildman–Crippen MR) is 58.5 cm³/mol. The largest absolute Gasteiger partial charge is 0.480 e. The molecule has 16 heavy (non-hydrogen) atoms. The van der Waals surface area contributed by atoms with Crippen molar-refractivity contribution >= 4 is 24.4 Å². The van der Waals surface area contributed by atoms with E-state index in [1.807, 2.05) is 0 Å². The van der Waals surface area contributed by atoms with E-state index < -0.39 is 12.0 Å². The van der Waals surface area contributed by atoms with Crippen molar-refractivity contribution < 1.29 is 19.5 Å². The van der Waals surface area contributed by atoms with Crippen molar-refractivity contribution in [2.45, 2.75) is 32.2 Å². The van der Waals surface area contributed by atoms with E-state index in [1.165, 1.54) is 13.1 Å². The average Bonchev–Trinajstić information content (AvgIpc) is 2.20. The molecule has 0 rings (SSSR count). The Labute approximate surface area is 93.7 Å². The van der Waals surface area contributed by atoms with Crippen molar-refractivity contribution in [3.8, 4) is 0 Å². The van der Waals surface area contributed by atoms with Crippen LogP contribution in [0, 0.1) is 0 Å². The molecular formula is C10H16N2O4. The predicted octanol–water partition coefficient (Wildman–Crippen LogP) is 0.0157. The van der Waals surface area contributed by atoms with Crippen LogP contribution in [0.4, 0.5) is 0 Å². The topological polar surface area (TPSA) is 95.8 Å². The van der Waals surface area contributed by atoms with E-state index in [0.717, 1.165) is 0 Å². The second-order valence-electron chi connectivity index (χ2n) is 3.28. The highest BCUT2D eigenvalue weighted by Crippen LogP contribution is 2.01. The number of nitrogens with one attached hydrogen (secondary N) is 1. The van der Waals surface area contributed by atoms with Gasteiger partial charge in [-0.25, -0.2) is 4.79 Å². The number of aldehydes is 1. The number of carboxylic acid groups (broad SMARTS) is 1. The Morgan fingerprint density at radius 2 is 2.12 bits per heavy atom. The fourth-order valence-electron chi connectivity index (χ4n) is 1.17. The second-order valence-corrected chi connectivity index (χ2v) is 3.28. The summed E-state index contributed by atoms with van der Waals surface area (Å²) in [4.78, 5) is 35.1. The van der Waals surface area contributed by atoms with E-state index >= 15 is 0 Å². The molecule has 0 unspecified atom stereocenters. The van der Waals surface area contributed by atoms with Crippen molar-refractivity contribution in [1.29, 1.82) is 0 Å². The molecule has 0 fully saturated rings. The van der Waals surface area contributed by atoms with Crippen LogP contribution >= 0.6 is 0 Å². The van der Waals surface area contributed by atoms with Gasteiger partial charge in [-0.1, -0.05) is 0 Å². The first-order valence-electron chi connectivity index (χ1n) is 5.01. The van der Waals surface area contributed by atoms with Gasteiger partial charge in [0.2, 0.25) is 5.91 Å². The van der Waals surface area contributed by atoms with Gasteiger partial charge >= 0.3 is 5.97 Å². The summed E-state index contributed by atoms with van der Waals surface area (Å²) in [7, 11) is 0.